The van der Waals surface area contributed by atoms with Crippen LogP contribution < -0.4 is 16.2 Å². The number of carbonyl (C=O) groups excluding carboxylic acids is 2. The highest BCUT2D eigenvalue weighted by molar-refractivity contribution is 7.98. The Labute approximate surface area is 116 Å². The highest BCUT2D eigenvalue weighted by Gasteiger charge is 2.22. The van der Waals surface area contributed by atoms with Gasteiger partial charge in [-0.3, -0.25) is 4.79 Å². The molecule has 0 bridgehead atoms. The van der Waals surface area contributed by atoms with Crippen LogP contribution in [0.4, 0.5) is 0 Å². The molecule has 0 saturated carbocycles. The van der Waals surface area contributed by atoms with Gasteiger partial charge in [-0.05, 0) is 18.4 Å². The molecule has 0 fully saturated rings. The van der Waals surface area contributed by atoms with Gasteiger partial charge in [0.15, 0.2) is 6.04 Å². The first kappa shape index (κ1) is 15.5. The molecule has 2 atom stereocenters. The molecular weight excluding hydrogens is 264 g/mol. The van der Waals surface area contributed by atoms with E-state index in [9.17, 15) is 14.7 Å². The van der Waals surface area contributed by atoms with Gasteiger partial charge in [0.05, 0.1) is 12.0 Å². The number of nitrogens with one attached hydrogen (secondary N) is 1. The number of amides is 1. The highest BCUT2D eigenvalue weighted by Crippen LogP contribution is 2.08. The van der Waals surface area contributed by atoms with E-state index in [1.54, 1.807) is 12.1 Å². The van der Waals surface area contributed by atoms with E-state index >= 15 is 0 Å². The summed E-state index contributed by atoms with van der Waals surface area (Å²) >= 11 is 1.52. The molecule has 0 aliphatic heterocycles. The number of hydrogen-bond donors (Lipinski definition) is 2. The Balaban J connectivity index is 2.64. The van der Waals surface area contributed by atoms with E-state index in [2.05, 4.69) is 11.1 Å². The lowest BCUT2D eigenvalue weighted by molar-refractivity contribution is -0.410. The number of carboxylic acid groups (broad SMARTS) is 1. The summed E-state index contributed by atoms with van der Waals surface area (Å²) in [5, 5.41) is 13.4. The van der Waals surface area contributed by atoms with Crippen LogP contribution in [0.2, 0.25) is 0 Å². The summed E-state index contributed by atoms with van der Waals surface area (Å²) in [5.41, 5.74) is 4.52. The quantitative estimate of drug-likeness (QED) is 0.667. The lowest BCUT2D eigenvalue weighted by Gasteiger charge is -2.20. The number of carboxylic acids is 1. The maximum absolute atomic E-state index is 11.9. The number of benzene rings is 1. The molecule has 1 aromatic carbocycles. The second kappa shape index (κ2) is 7.81. The molecule has 0 unspecified atom stereocenters. The maximum Gasteiger partial charge on any atom is 0.283 e. The Morgan fingerprint density at radius 1 is 1.37 bits per heavy atom. The van der Waals surface area contributed by atoms with Crippen LogP contribution >= 0.6 is 11.8 Å². The average molecular weight is 282 g/mol. The highest BCUT2D eigenvalue weighted by atomic mass is 32.2. The zero-order valence-electron chi connectivity index (χ0n) is 10.8. The van der Waals surface area contributed by atoms with E-state index < -0.39 is 24.0 Å². The molecule has 0 saturated heterocycles. The SMILES string of the molecule is CSCC[C@H](NC(=O)[C@H]([NH3+])c1ccccc1)C(=O)[O-]. The van der Waals surface area contributed by atoms with Gasteiger partial charge in [-0.15, -0.1) is 0 Å². The predicted molar refractivity (Wildman–Crippen MR) is 72.0 cm³/mol. The van der Waals surface area contributed by atoms with Crippen molar-refractivity contribution in [1.29, 1.82) is 0 Å². The zero-order valence-corrected chi connectivity index (χ0v) is 11.6. The first-order valence-corrected chi connectivity index (χ1v) is 7.34. The zero-order chi connectivity index (χ0) is 14.3. The fraction of sp³-hybridized carbons (Fsp3) is 0.385. The van der Waals surface area contributed by atoms with Crippen molar-refractivity contribution < 1.29 is 20.4 Å². The minimum atomic E-state index is -1.26. The molecule has 0 spiro atoms. The number of quaternary nitrogens is 1. The summed E-state index contributed by atoms with van der Waals surface area (Å²) in [6, 6.07) is 7.44. The molecule has 1 rings (SSSR count). The first-order valence-electron chi connectivity index (χ1n) is 5.94. The molecule has 104 valence electrons. The topological polar surface area (TPSA) is 96.9 Å². The summed E-state index contributed by atoms with van der Waals surface area (Å²) in [5.74, 6) is -1.02. The van der Waals surface area contributed by atoms with Crippen LogP contribution in [0, 0.1) is 0 Å². The first-order chi connectivity index (χ1) is 9.06. The van der Waals surface area contributed by atoms with E-state index in [4.69, 9.17) is 0 Å². The van der Waals surface area contributed by atoms with Gasteiger partial charge in [-0.25, -0.2) is 0 Å². The number of carbonyl (C=O) groups is 2. The predicted octanol–water partition coefficient (Wildman–Crippen LogP) is -1.04. The number of aliphatic carboxylic acids is 1. The van der Waals surface area contributed by atoms with Crippen molar-refractivity contribution in [3.05, 3.63) is 35.9 Å². The van der Waals surface area contributed by atoms with Gasteiger partial charge >= 0.3 is 0 Å². The van der Waals surface area contributed by atoms with Gasteiger partial charge in [0.25, 0.3) is 5.91 Å². The van der Waals surface area contributed by atoms with Crippen LogP contribution in [0.5, 0.6) is 0 Å². The fourth-order valence-electron chi connectivity index (χ4n) is 1.59. The Morgan fingerprint density at radius 3 is 2.53 bits per heavy atom. The standard InChI is InChI=1S/C13H18N2O3S/c1-19-8-7-10(13(17)18)15-12(16)11(14)9-5-3-2-4-6-9/h2-6,10-11H,7-8,14H2,1H3,(H,15,16)(H,17,18)/t10-,11+/m0/s1. The van der Waals surface area contributed by atoms with Gasteiger partial charge < -0.3 is 21.0 Å². The normalized spacial score (nSPS) is 13.6. The second-order valence-corrected chi connectivity index (χ2v) is 5.11. The lowest BCUT2D eigenvalue weighted by atomic mass is 10.1. The van der Waals surface area contributed by atoms with E-state index in [1.165, 1.54) is 11.8 Å². The summed E-state index contributed by atoms with van der Waals surface area (Å²) in [7, 11) is 0. The molecule has 0 aromatic heterocycles. The molecule has 1 aromatic rings. The van der Waals surface area contributed by atoms with Crippen molar-refractivity contribution in [3.8, 4) is 0 Å². The number of rotatable bonds is 7. The average Bonchev–Trinajstić information content (AvgIpc) is 2.43. The smallest absolute Gasteiger partial charge is 0.283 e. The monoisotopic (exact) mass is 282 g/mol. The Hall–Kier alpha value is -1.53. The Bertz CT molecular complexity index is 425. The van der Waals surface area contributed by atoms with Gasteiger partial charge in [0.2, 0.25) is 0 Å². The molecule has 19 heavy (non-hydrogen) atoms. The van der Waals surface area contributed by atoms with Crippen molar-refractivity contribution in [2.75, 3.05) is 12.0 Å². The van der Waals surface area contributed by atoms with Crippen molar-refractivity contribution in [1.82, 2.24) is 5.32 Å². The van der Waals surface area contributed by atoms with E-state index in [-0.39, 0.29) is 0 Å². The molecule has 1 amide bonds. The molecule has 0 aliphatic rings. The third-order valence-corrected chi connectivity index (χ3v) is 3.37. The summed E-state index contributed by atoms with van der Waals surface area (Å²) < 4.78 is 0. The van der Waals surface area contributed by atoms with Crippen LogP contribution in [-0.4, -0.2) is 29.9 Å². The molecular formula is C13H18N2O3S. The molecule has 5 nitrogen and oxygen atoms in total. The van der Waals surface area contributed by atoms with Crippen LogP contribution in [0.3, 0.4) is 0 Å². The molecule has 0 radical (unpaired) electrons. The Kier molecular flexibility index (Phi) is 6.38. The summed E-state index contributed by atoms with van der Waals surface area (Å²) in [6.07, 6.45) is 2.22. The summed E-state index contributed by atoms with van der Waals surface area (Å²) in [4.78, 5) is 22.9. The molecule has 4 N–H and O–H groups in total. The number of hydrogen-bond acceptors (Lipinski definition) is 4. The van der Waals surface area contributed by atoms with E-state index in [0.29, 0.717) is 12.2 Å². The van der Waals surface area contributed by atoms with Crippen LogP contribution in [0.25, 0.3) is 0 Å². The molecule has 0 heterocycles. The van der Waals surface area contributed by atoms with Crippen molar-refractivity contribution in [3.63, 3.8) is 0 Å². The Morgan fingerprint density at radius 2 is 2.00 bits per heavy atom. The van der Waals surface area contributed by atoms with Crippen LogP contribution in [-0.2, 0) is 9.59 Å². The fourth-order valence-corrected chi connectivity index (χ4v) is 2.07. The minimum Gasteiger partial charge on any atom is -0.548 e. The minimum absolute atomic E-state index is 0.344. The van der Waals surface area contributed by atoms with Gasteiger partial charge in [-0.2, -0.15) is 11.8 Å². The second-order valence-electron chi connectivity index (χ2n) is 4.12. The van der Waals surface area contributed by atoms with Crippen molar-refractivity contribution >= 4 is 23.6 Å². The van der Waals surface area contributed by atoms with Gasteiger partial charge in [-0.1, -0.05) is 30.3 Å². The number of thioether (sulfide) groups is 1. The molecule has 0 aliphatic carbocycles. The maximum atomic E-state index is 11.9. The lowest BCUT2D eigenvalue weighted by Crippen LogP contribution is -2.62. The van der Waals surface area contributed by atoms with Gasteiger partial charge in [0.1, 0.15) is 0 Å². The van der Waals surface area contributed by atoms with Crippen LogP contribution in [0.1, 0.15) is 18.0 Å². The van der Waals surface area contributed by atoms with Gasteiger partial charge in [0, 0.05) is 5.56 Å². The molecule has 6 heteroatoms. The van der Waals surface area contributed by atoms with Crippen molar-refractivity contribution in [2.45, 2.75) is 18.5 Å². The summed E-state index contributed by atoms with van der Waals surface area (Å²) in [6.45, 7) is 0. The van der Waals surface area contributed by atoms with Crippen LogP contribution in [0.15, 0.2) is 30.3 Å². The third-order valence-electron chi connectivity index (χ3n) is 2.73. The van der Waals surface area contributed by atoms with E-state index in [0.717, 1.165) is 5.56 Å². The van der Waals surface area contributed by atoms with E-state index in [1.807, 2.05) is 24.5 Å². The largest absolute Gasteiger partial charge is 0.548 e. The van der Waals surface area contributed by atoms with Crippen molar-refractivity contribution in [2.24, 2.45) is 0 Å². The third kappa shape index (κ3) is 4.92.